The van der Waals surface area contributed by atoms with Crippen LogP contribution in [0.15, 0.2) is 18.2 Å². The van der Waals surface area contributed by atoms with Crippen molar-refractivity contribution in [1.29, 1.82) is 0 Å². The molecule has 4 aliphatic rings. The maximum atomic E-state index is 6.50. The first-order valence-electron chi connectivity index (χ1n) is 9.72. The van der Waals surface area contributed by atoms with Crippen molar-refractivity contribution in [1.82, 2.24) is 0 Å². The normalized spacial score (nSPS) is 24.7. The van der Waals surface area contributed by atoms with Crippen LogP contribution in [0.3, 0.4) is 0 Å². The van der Waals surface area contributed by atoms with Gasteiger partial charge in [0, 0.05) is 41.2 Å². The van der Waals surface area contributed by atoms with Crippen molar-refractivity contribution in [2.24, 2.45) is 0 Å². The van der Waals surface area contributed by atoms with Gasteiger partial charge in [-0.2, -0.15) is 0 Å². The summed E-state index contributed by atoms with van der Waals surface area (Å²) in [5.74, 6) is 4.87. The van der Waals surface area contributed by atoms with E-state index < -0.39 is 0 Å². The highest BCUT2D eigenvalue weighted by Gasteiger charge is 2.43. The Bertz CT molecular complexity index is 995. The zero-order chi connectivity index (χ0) is 19.0. The van der Waals surface area contributed by atoms with Crippen LogP contribution in [0.1, 0.15) is 49.3 Å². The number of hydrogen-bond donors (Lipinski definition) is 0. The van der Waals surface area contributed by atoms with E-state index in [2.05, 4.69) is 13.8 Å². The molecule has 0 N–H and O–H groups in total. The molecule has 0 aromatic heterocycles. The maximum absolute atomic E-state index is 6.50. The molecule has 0 saturated heterocycles. The summed E-state index contributed by atoms with van der Waals surface area (Å²) < 4.78 is 35.6. The number of rotatable bonds is 1. The first-order chi connectivity index (χ1) is 13.5. The van der Waals surface area contributed by atoms with Gasteiger partial charge < -0.3 is 28.4 Å². The summed E-state index contributed by atoms with van der Waals surface area (Å²) >= 11 is 0. The third-order valence-electron chi connectivity index (χ3n) is 6.09. The highest BCUT2D eigenvalue weighted by atomic mass is 16.7. The van der Waals surface area contributed by atoms with Crippen molar-refractivity contribution in [2.45, 2.75) is 50.9 Å². The largest absolute Gasteiger partial charge is 0.496 e. The molecule has 2 bridgehead atoms. The Kier molecular flexibility index (Phi) is 3.13. The van der Waals surface area contributed by atoms with Gasteiger partial charge in [-0.1, -0.05) is 0 Å². The van der Waals surface area contributed by atoms with Crippen LogP contribution in [0, 0.1) is 0 Å². The van der Waals surface area contributed by atoms with Gasteiger partial charge in [0.1, 0.15) is 28.6 Å². The van der Waals surface area contributed by atoms with E-state index in [1.807, 2.05) is 18.2 Å². The smallest absolute Gasteiger partial charge is 0.242 e. The minimum absolute atomic E-state index is 0.112. The van der Waals surface area contributed by atoms with Crippen molar-refractivity contribution in [2.75, 3.05) is 13.9 Å². The van der Waals surface area contributed by atoms with Crippen molar-refractivity contribution in [3.05, 3.63) is 34.9 Å². The average molecular weight is 382 g/mol. The van der Waals surface area contributed by atoms with Crippen LogP contribution in [0.4, 0.5) is 0 Å². The number of methoxy groups -OCH3 is 1. The van der Waals surface area contributed by atoms with Gasteiger partial charge in [-0.25, -0.2) is 0 Å². The maximum Gasteiger partial charge on any atom is 0.242 e. The Morgan fingerprint density at radius 2 is 1.79 bits per heavy atom. The second-order valence-corrected chi connectivity index (χ2v) is 8.36. The van der Waals surface area contributed by atoms with E-state index in [0.717, 1.165) is 64.7 Å². The molecule has 4 heterocycles. The molecule has 6 heteroatoms. The molecule has 0 saturated carbocycles. The molecular formula is C22H22O6. The van der Waals surface area contributed by atoms with Crippen LogP contribution in [-0.2, 0) is 6.42 Å². The molecule has 0 radical (unpaired) electrons. The van der Waals surface area contributed by atoms with Gasteiger partial charge in [0.15, 0.2) is 11.5 Å². The highest BCUT2D eigenvalue weighted by molar-refractivity contribution is 5.65. The molecule has 0 aliphatic carbocycles. The molecule has 2 unspecified atom stereocenters. The molecule has 2 aromatic carbocycles. The topological polar surface area (TPSA) is 55.4 Å². The Balaban J connectivity index is 1.57. The molecular weight excluding hydrogens is 360 g/mol. The van der Waals surface area contributed by atoms with Crippen molar-refractivity contribution in [3.63, 3.8) is 0 Å². The van der Waals surface area contributed by atoms with Gasteiger partial charge in [0.2, 0.25) is 13.1 Å². The minimum atomic E-state index is -0.343. The SMILES string of the molecule is COc1cc2c(c3c1CCC(C)(C)O3)C1CC(Oc3cc4c(cc31)OCO4)O2. The molecule has 0 fully saturated rings. The second kappa shape index (κ2) is 5.40. The fraction of sp³-hybridized carbons (Fsp3) is 0.455. The summed E-state index contributed by atoms with van der Waals surface area (Å²) in [6.07, 6.45) is 2.26. The second-order valence-electron chi connectivity index (χ2n) is 8.36. The van der Waals surface area contributed by atoms with E-state index in [-0.39, 0.29) is 24.6 Å². The van der Waals surface area contributed by atoms with Gasteiger partial charge >= 0.3 is 0 Å². The van der Waals surface area contributed by atoms with E-state index in [9.17, 15) is 0 Å². The summed E-state index contributed by atoms with van der Waals surface area (Å²) in [5.41, 5.74) is 3.07. The third kappa shape index (κ3) is 2.20. The molecule has 0 spiro atoms. The van der Waals surface area contributed by atoms with Gasteiger partial charge in [-0.15, -0.1) is 0 Å². The summed E-state index contributed by atoms with van der Waals surface area (Å²) in [4.78, 5) is 0. The van der Waals surface area contributed by atoms with E-state index in [1.54, 1.807) is 7.11 Å². The monoisotopic (exact) mass is 382 g/mol. The molecule has 146 valence electrons. The lowest BCUT2D eigenvalue weighted by Gasteiger charge is -2.42. The van der Waals surface area contributed by atoms with E-state index >= 15 is 0 Å². The lowest BCUT2D eigenvalue weighted by Crippen LogP contribution is -2.38. The fourth-order valence-electron chi connectivity index (χ4n) is 4.70. The number of benzene rings is 2. The Morgan fingerprint density at radius 3 is 2.61 bits per heavy atom. The zero-order valence-electron chi connectivity index (χ0n) is 16.2. The number of fused-ring (bicyclic) bond motifs is 9. The van der Waals surface area contributed by atoms with Crippen LogP contribution in [0.2, 0.25) is 0 Å². The fourth-order valence-corrected chi connectivity index (χ4v) is 4.70. The Morgan fingerprint density at radius 1 is 1.00 bits per heavy atom. The number of ether oxygens (including phenoxy) is 6. The van der Waals surface area contributed by atoms with Crippen molar-refractivity contribution < 1.29 is 28.4 Å². The lowest BCUT2D eigenvalue weighted by atomic mass is 9.80. The standard InChI is InChI=1S/C22H22O6/c1-22(2)5-4-11-14(23-3)8-18-20(21(11)28-22)13-7-19(27-18)26-15-9-17-16(6-12(13)15)24-10-25-17/h6,8-9,13,19H,4-5,7,10H2,1-3H3. The highest BCUT2D eigenvalue weighted by Crippen LogP contribution is 2.57. The first kappa shape index (κ1) is 16.2. The predicted octanol–water partition coefficient (Wildman–Crippen LogP) is 4.16. The quantitative estimate of drug-likeness (QED) is 0.738. The molecule has 2 aromatic rings. The van der Waals surface area contributed by atoms with Crippen molar-refractivity contribution >= 4 is 0 Å². The predicted molar refractivity (Wildman–Crippen MR) is 100 cm³/mol. The average Bonchev–Trinajstić information content (AvgIpc) is 3.12. The van der Waals surface area contributed by atoms with Crippen molar-refractivity contribution in [3.8, 4) is 34.5 Å². The molecule has 2 atom stereocenters. The van der Waals surface area contributed by atoms with Crippen LogP contribution >= 0.6 is 0 Å². The van der Waals surface area contributed by atoms with Crippen LogP contribution in [0.5, 0.6) is 34.5 Å². The van der Waals surface area contributed by atoms with Crippen LogP contribution in [0.25, 0.3) is 0 Å². The van der Waals surface area contributed by atoms with Gasteiger partial charge in [-0.3, -0.25) is 0 Å². The number of hydrogen-bond acceptors (Lipinski definition) is 6. The van der Waals surface area contributed by atoms with Crippen LogP contribution < -0.4 is 28.4 Å². The molecule has 6 rings (SSSR count). The molecule has 28 heavy (non-hydrogen) atoms. The first-order valence-corrected chi connectivity index (χ1v) is 9.72. The van der Waals surface area contributed by atoms with Gasteiger partial charge in [0.25, 0.3) is 0 Å². The summed E-state index contributed by atoms with van der Waals surface area (Å²) in [6, 6.07) is 5.93. The summed E-state index contributed by atoms with van der Waals surface area (Å²) in [7, 11) is 1.69. The Labute approximate surface area is 163 Å². The molecule has 6 nitrogen and oxygen atoms in total. The molecule has 0 amide bonds. The summed E-state index contributed by atoms with van der Waals surface area (Å²) in [5, 5.41) is 0. The minimum Gasteiger partial charge on any atom is -0.496 e. The van der Waals surface area contributed by atoms with Gasteiger partial charge in [0.05, 0.1) is 7.11 Å². The molecule has 4 aliphatic heterocycles. The Hall–Kier alpha value is -2.76. The van der Waals surface area contributed by atoms with E-state index in [1.165, 1.54) is 0 Å². The third-order valence-corrected chi connectivity index (χ3v) is 6.09. The summed E-state index contributed by atoms with van der Waals surface area (Å²) in [6.45, 7) is 4.50. The van der Waals surface area contributed by atoms with E-state index in [0.29, 0.717) is 5.75 Å². The van der Waals surface area contributed by atoms with Crippen LogP contribution in [-0.4, -0.2) is 25.8 Å². The van der Waals surface area contributed by atoms with E-state index in [4.69, 9.17) is 28.4 Å². The van der Waals surface area contributed by atoms with Gasteiger partial charge in [-0.05, 0) is 32.8 Å². The lowest BCUT2D eigenvalue weighted by molar-refractivity contribution is -0.0286. The zero-order valence-corrected chi connectivity index (χ0v) is 16.2.